The Labute approximate surface area is 107 Å². The van der Waals surface area contributed by atoms with Crippen LogP contribution >= 0.6 is 0 Å². The van der Waals surface area contributed by atoms with E-state index in [4.69, 9.17) is 10.4 Å². The molecule has 0 aliphatic heterocycles. The highest BCUT2D eigenvalue weighted by Crippen LogP contribution is 2.05. The molecule has 0 spiro atoms. The third-order valence-electron chi connectivity index (χ3n) is 2.72. The van der Waals surface area contributed by atoms with Crippen molar-refractivity contribution in [1.29, 1.82) is 5.26 Å². The van der Waals surface area contributed by atoms with Crippen LogP contribution in [0, 0.1) is 17.2 Å². The molecular weight excluding hydrogens is 228 g/mol. The van der Waals surface area contributed by atoms with Crippen LogP contribution in [-0.2, 0) is 0 Å². The SMILES string of the molecule is CC(CO)CCCNC(=O)c1cccc(C#N)c1. The summed E-state index contributed by atoms with van der Waals surface area (Å²) >= 11 is 0. The standard InChI is InChI=1S/C14H18N2O2/c1-11(10-17)4-3-7-16-14(18)13-6-2-5-12(8-13)9-15/h2,5-6,8,11,17H,3-4,7,10H2,1H3,(H,16,18). The van der Waals surface area contributed by atoms with E-state index in [1.807, 2.05) is 13.0 Å². The zero-order valence-electron chi connectivity index (χ0n) is 10.5. The first kappa shape index (κ1) is 14.2. The first-order valence-corrected chi connectivity index (χ1v) is 6.06. The molecule has 1 rings (SSSR count). The number of hydrogen-bond donors (Lipinski definition) is 2. The van der Waals surface area contributed by atoms with Crippen LogP contribution in [0.4, 0.5) is 0 Å². The molecule has 0 heterocycles. The minimum atomic E-state index is -0.163. The minimum absolute atomic E-state index is 0.163. The Morgan fingerprint density at radius 3 is 3.00 bits per heavy atom. The summed E-state index contributed by atoms with van der Waals surface area (Å²) in [5.74, 6) is 0.104. The summed E-state index contributed by atoms with van der Waals surface area (Å²) in [6.45, 7) is 2.73. The summed E-state index contributed by atoms with van der Waals surface area (Å²) in [5.41, 5.74) is 0.987. The molecule has 4 heteroatoms. The van der Waals surface area contributed by atoms with E-state index in [0.717, 1.165) is 12.8 Å². The van der Waals surface area contributed by atoms with Gasteiger partial charge in [-0.1, -0.05) is 13.0 Å². The zero-order valence-corrected chi connectivity index (χ0v) is 10.5. The van der Waals surface area contributed by atoms with E-state index >= 15 is 0 Å². The smallest absolute Gasteiger partial charge is 0.251 e. The number of carbonyl (C=O) groups excluding carboxylic acids is 1. The maximum absolute atomic E-state index is 11.8. The molecule has 0 fully saturated rings. The largest absolute Gasteiger partial charge is 0.396 e. The molecule has 1 amide bonds. The number of rotatable bonds is 6. The number of nitrogens with zero attached hydrogens (tertiary/aromatic N) is 1. The molecule has 0 aliphatic rings. The Kier molecular flexibility index (Phi) is 5.89. The lowest BCUT2D eigenvalue weighted by Gasteiger charge is -2.08. The fourth-order valence-electron chi connectivity index (χ4n) is 1.58. The third kappa shape index (κ3) is 4.56. The molecule has 96 valence electrons. The van der Waals surface area contributed by atoms with Crippen LogP contribution in [0.2, 0.25) is 0 Å². The number of hydrogen-bond acceptors (Lipinski definition) is 3. The Bertz CT molecular complexity index is 438. The molecule has 1 aromatic carbocycles. The van der Waals surface area contributed by atoms with Crippen molar-refractivity contribution < 1.29 is 9.90 Å². The van der Waals surface area contributed by atoms with Crippen molar-refractivity contribution in [3.63, 3.8) is 0 Å². The van der Waals surface area contributed by atoms with Crippen LogP contribution in [0.1, 0.15) is 35.7 Å². The van der Waals surface area contributed by atoms with Crippen molar-refractivity contribution in [1.82, 2.24) is 5.32 Å². The Hall–Kier alpha value is -1.86. The third-order valence-corrected chi connectivity index (χ3v) is 2.72. The second-order valence-corrected chi connectivity index (χ2v) is 4.38. The molecular formula is C14H18N2O2. The van der Waals surface area contributed by atoms with E-state index in [-0.39, 0.29) is 18.4 Å². The van der Waals surface area contributed by atoms with Crippen molar-refractivity contribution in [2.24, 2.45) is 5.92 Å². The van der Waals surface area contributed by atoms with Crippen LogP contribution in [-0.4, -0.2) is 24.2 Å². The molecule has 0 saturated carbocycles. The molecule has 0 bridgehead atoms. The second kappa shape index (κ2) is 7.46. The highest BCUT2D eigenvalue weighted by atomic mass is 16.3. The van der Waals surface area contributed by atoms with Crippen molar-refractivity contribution in [2.75, 3.05) is 13.2 Å². The van der Waals surface area contributed by atoms with E-state index in [1.54, 1.807) is 24.3 Å². The van der Waals surface area contributed by atoms with Crippen LogP contribution in [0.15, 0.2) is 24.3 Å². The van der Waals surface area contributed by atoms with Gasteiger partial charge in [-0.25, -0.2) is 0 Å². The first-order chi connectivity index (χ1) is 8.67. The number of nitrogens with one attached hydrogen (secondary N) is 1. The Balaban J connectivity index is 2.39. The van der Waals surface area contributed by atoms with E-state index in [9.17, 15) is 4.79 Å². The van der Waals surface area contributed by atoms with E-state index in [2.05, 4.69) is 5.32 Å². The number of benzene rings is 1. The van der Waals surface area contributed by atoms with Gasteiger partial charge in [-0.15, -0.1) is 0 Å². The predicted octanol–water partition coefficient (Wildman–Crippen LogP) is 1.70. The topological polar surface area (TPSA) is 73.1 Å². The average molecular weight is 246 g/mol. The van der Waals surface area contributed by atoms with Crippen molar-refractivity contribution in [3.8, 4) is 6.07 Å². The van der Waals surface area contributed by atoms with E-state index < -0.39 is 0 Å². The Morgan fingerprint density at radius 2 is 2.33 bits per heavy atom. The van der Waals surface area contributed by atoms with Crippen molar-refractivity contribution in [3.05, 3.63) is 35.4 Å². The number of amides is 1. The summed E-state index contributed by atoms with van der Waals surface area (Å²) in [5, 5.41) is 20.4. The lowest BCUT2D eigenvalue weighted by molar-refractivity contribution is 0.0952. The molecule has 1 atom stereocenters. The number of aliphatic hydroxyl groups excluding tert-OH is 1. The molecule has 0 radical (unpaired) electrons. The predicted molar refractivity (Wildman–Crippen MR) is 69.0 cm³/mol. The maximum atomic E-state index is 11.8. The number of carbonyl (C=O) groups is 1. The van der Waals surface area contributed by atoms with Gasteiger partial charge < -0.3 is 10.4 Å². The van der Waals surface area contributed by atoms with Crippen LogP contribution in [0.3, 0.4) is 0 Å². The second-order valence-electron chi connectivity index (χ2n) is 4.38. The van der Waals surface area contributed by atoms with E-state index in [1.165, 1.54) is 0 Å². The lowest BCUT2D eigenvalue weighted by Crippen LogP contribution is -2.24. The van der Waals surface area contributed by atoms with Gasteiger partial charge in [0.05, 0.1) is 11.6 Å². The van der Waals surface area contributed by atoms with Crippen LogP contribution < -0.4 is 5.32 Å². The van der Waals surface area contributed by atoms with Gasteiger partial charge in [0, 0.05) is 18.7 Å². The van der Waals surface area contributed by atoms with E-state index in [0.29, 0.717) is 17.7 Å². The summed E-state index contributed by atoms with van der Waals surface area (Å²) in [7, 11) is 0. The van der Waals surface area contributed by atoms with Gasteiger partial charge >= 0.3 is 0 Å². The monoisotopic (exact) mass is 246 g/mol. The normalized spacial score (nSPS) is 11.6. The molecule has 18 heavy (non-hydrogen) atoms. The van der Waals surface area contributed by atoms with Crippen LogP contribution in [0.25, 0.3) is 0 Å². The van der Waals surface area contributed by atoms with Crippen molar-refractivity contribution in [2.45, 2.75) is 19.8 Å². The van der Waals surface area contributed by atoms with Gasteiger partial charge in [0.25, 0.3) is 5.91 Å². The zero-order chi connectivity index (χ0) is 13.4. The van der Waals surface area contributed by atoms with Crippen LogP contribution in [0.5, 0.6) is 0 Å². The molecule has 0 saturated heterocycles. The molecule has 0 aromatic heterocycles. The fraction of sp³-hybridized carbons (Fsp3) is 0.429. The molecule has 4 nitrogen and oxygen atoms in total. The van der Waals surface area contributed by atoms with Gasteiger partial charge in [-0.2, -0.15) is 5.26 Å². The van der Waals surface area contributed by atoms with Gasteiger partial charge in [0.2, 0.25) is 0 Å². The number of aliphatic hydroxyl groups is 1. The Morgan fingerprint density at radius 1 is 1.56 bits per heavy atom. The molecule has 0 aliphatic carbocycles. The van der Waals surface area contributed by atoms with Gasteiger partial charge in [-0.3, -0.25) is 4.79 Å². The number of nitriles is 1. The summed E-state index contributed by atoms with van der Waals surface area (Å²) in [6, 6.07) is 8.63. The highest BCUT2D eigenvalue weighted by molar-refractivity contribution is 5.94. The van der Waals surface area contributed by atoms with Gasteiger partial charge in [-0.05, 0) is 37.0 Å². The summed E-state index contributed by atoms with van der Waals surface area (Å²) < 4.78 is 0. The summed E-state index contributed by atoms with van der Waals surface area (Å²) in [6.07, 6.45) is 1.72. The molecule has 1 unspecified atom stereocenters. The van der Waals surface area contributed by atoms with Crippen molar-refractivity contribution >= 4 is 5.91 Å². The van der Waals surface area contributed by atoms with Gasteiger partial charge in [0.1, 0.15) is 0 Å². The fourth-order valence-corrected chi connectivity index (χ4v) is 1.58. The average Bonchev–Trinajstić information content (AvgIpc) is 2.43. The lowest BCUT2D eigenvalue weighted by atomic mass is 10.1. The molecule has 2 N–H and O–H groups in total. The highest BCUT2D eigenvalue weighted by Gasteiger charge is 2.06. The summed E-state index contributed by atoms with van der Waals surface area (Å²) in [4.78, 5) is 11.8. The minimum Gasteiger partial charge on any atom is -0.396 e. The maximum Gasteiger partial charge on any atom is 0.251 e. The molecule has 1 aromatic rings. The quantitative estimate of drug-likeness (QED) is 0.750. The first-order valence-electron chi connectivity index (χ1n) is 6.06. The van der Waals surface area contributed by atoms with Gasteiger partial charge in [0.15, 0.2) is 0 Å².